The molecule has 1 aliphatic heterocycles. The van der Waals surface area contributed by atoms with Crippen LogP contribution in [0.15, 0.2) is 35.2 Å². The molecule has 9 heteroatoms. The monoisotopic (exact) mass is 404 g/mol. The fourth-order valence-corrected chi connectivity index (χ4v) is 3.99. The van der Waals surface area contributed by atoms with Gasteiger partial charge in [0.25, 0.3) is 5.91 Å². The third-order valence-electron chi connectivity index (χ3n) is 3.94. The molecular formula is C16H18Cl2N2O4S. The number of alkyl halides is 1. The molecule has 0 aromatic heterocycles. The molecule has 0 spiro atoms. The van der Waals surface area contributed by atoms with Crippen LogP contribution in [0.2, 0.25) is 5.02 Å². The van der Waals surface area contributed by atoms with Gasteiger partial charge in [-0.05, 0) is 32.0 Å². The highest BCUT2D eigenvalue weighted by molar-refractivity contribution is 7.90. The molecule has 2 rings (SSSR count). The molecule has 0 bridgehead atoms. The van der Waals surface area contributed by atoms with Crippen LogP contribution in [0.5, 0.6) is 0 Å². The zero-order valence-corrected chi connectivity index (χ0v) is 16.3. The summed E-state index contributed by atoms with van der Waals surface area (Å²) in [5.74, 6) is -0.109. The Bertz CT molecular complexity index is 850. The third kappa shape index (κ3) is 3.68. The van der Waals surface area contributed by atoms with Gasteiger partial charge in [0.05, 0.1) is 15.6 Å². The number of sulfone groups is 1. The fourth-order valence-electron chi connectivity index (χ4n) is 2.54. The van der Waals surface area contributed by atoms with Crippen molar-refractivity contribution < 1.29 is 18.0 Å². The SMILES string of the molecule is CC1(C)C(=O)N(c2ccc(S(C)(=O)=O)c(Cl)c2)C(=O)N1C/C=C\CCl. The van der Waals surface area contributed by atoms with Gasteiger partial charge in [0.15, 0.2) is 9.84 Å². The largest absolute Gasteiger partial charge is 0.332 e. The van der Waals surface area contributed by atoms with E-state index in [-0.39, 0.29) is 22.2 Å². The standard InChI is InChI=1S/C16H18Cl2N2O4S/c1-16(2)14(21)20(15(22)19(16)9-5-4-8-17)11-6-7-13(12(18)10-11)25(3,23)24/h4-7,10H,8-9H2,1-3H3/b5-4-. The molecule has 1 aliphatic rings. The predicted molar refractivity (Wildman–Crippen MR) is 98.1 cm³/mol. The van der Waals surface area contributed by atoms with Crippen LogP contribution in [0.1, 0.15) is 13.8 Å². The Hall–Kier alpha value is -1.57. The molecule has 6 nitrogen and oxygen atoms in total. The number of hydrogen-bond acceptors (Lipinski definition) is 4. The van der Waals surface area contributed by atoms with Crippen LogP contribution >= 0.6 is 23.2 Å². The maximum absolute atomic E-state index is 12.7. The maximum atomic E-state index is 12.7. The lowest BCUT2D eigenvalue weighted by atomic mass is 10.0. The lowest BCUT2D eigenvalue weighted by Gasteiger charge is -2.26. The summed E-state index contributed by atoms with van der Waals surface area (Å²) in [6.07, 6.45) is 4.44. The van der Waals surface area contributed by atoms with Crippen molar-refractivity contribution in [3.8, 4) is 0 Å². The number of benzene rings is 1. The van der Waals surface area contributed by atoms with E-state index in [1.807, 2.05) is 0 Å². The van der Waals surface area contributed by atoms with Crippen molar-refractivity contribution in [2.45, 2.75) is 24.3 Å². The summed E-state index contributed by atoms with van der Waals surface area (Å²) >= 11 is 11.6. The van der Waals surface area contributed by atoms with Gasteiger partial charge in [0, 0.05) is 18.7 Å². The average molecular weight is 405 g/mol. The number of allylic oxidation sites excluding steroid dienone is 1. The van der Waals surface area contributed by atoms with Gasteiger partial charge in [-0.2, -0.15) is 0 Å². The van der Waals surface area contributed by atoms with E-state index in [0.29, 0.717) is 5.88 Å². The van der Waals surface area contributed by atoms with E-state index >= 15 is 0 Å². The van der Waals surface area contributed by atoms with E-state index in [2.05, 4.69) is 0 Å². The van der Waals surface area contributed by atoms with Gasteiger partial charge in [-0.1, -0.05) is 23.8 Å². The molecule has 0 N–H and O–H groups in total. The van der Waals surface area contributed by atoms with Crippen LogP contribution in [-0.2, 0) is 14.6 Å². The number of hydrogen-bond donors (Lipinski definition) is 0. The summed E-state index contributed by atoms with van der Waals surface area (Å²) in [4.78, 5) is 27.8. The summed E-state index contributed by atoms with van der Waals surface area (Å²) in [7, 11) is -3.50. The number of carbonyl (C=O) groups excluding carboxylic acids is 2. The molecule has 3 amide bonds. The summed E-state index contributed by atoms with van der Waals surface area (Å²) < 4.78 is 23.3. The molecular weight excluding hydrogens is 387 g/mol. The van der Waals surface area contributed by atoms with Crippen molar-refractivity contribution in [1.29, 1.82) is 0 Å². The summed E-state index contributed by atoms with van der Waals surface area (Å²) in [6.45, 7) is 3.53. The first-order valence-corrected chi connectivity index (χ1v) is 10.2. The second-order valence-electron chi connectivity index (χ2n) is 6.11. The van der Waals surface area contributed by atoms with Crippen molar-refractivity contribution in [3.63, 3.8) is 0 Å². The highest BCUT2D eigenvalue weighted by atomic mass is 35.5. The summed E-state index contributed by atoms with van der Waals surface area (Å²) in [5.41, 5.74) is -0.820. The second-order valence-corrected chi connectivity index (χ2v) is 8.81. The van der Waals surface area contributed by atoms with Gasteiger partial charge in [-0.3, -0.25) is 4.79 Å². The molecule has 1 saturated heterocycles. The number of amides is 3. The number of nitrogens with zero attached hydrogens (tertiary/aromatic N) is 2. The average Bonchev–Trinajstić information content (AvgIpc) is 2.65. The van der Waals surface area contributed by atoms with E-state index in [4.69, 9.17) is 23.2 Å². The Morgan fingerprint density at radius 3 is 2.36 bits per heavy atom. The number of carbonyl (C=O) groups is 2. The van der Waals surface area contributed by atoms with E-state index in [1.54, 1.807) is 26.0 Å². The molecule has 0 radical (unpaired) electrons. The molecule has 1 aromatic carbocycles. The fraction of sp³-hybridized carbons (Fsp3) is 0.375. The lowest BCUT2D eigenvalue weighted by Crippen LogP contribution is -2.44. The molecule has 0 atom stereocenters. The number of halogens is 2. The van der Waals surface area contributed by atoms with Crippen LogP contribution in [0, 0.1) is 0 Å². The maximum Gasteiger partial charge on any atom is 0.332 e. The first kappa shape index (κ1) is 19.8. The molecule has 1 aromatic rings. The van der Waals surface area contributed by atoms with Gasteiger partial charge in [0.2, 0.25) is 0 Å². The number of rotatable bonds is 5. The van der Waals surface area contributed by atoms with E-state index < -0.39 is 27.3 Å². The summed E-state index contributed by atoms with van der Waals surface area (Å²) in [5, 5.41) is -0.0427. The quantitative estimate of drug-likeness (QED) is 0.429. The van der Waals surface area contributed by atoms with Crippen LogP contribution in [-0.4, -0.2) is 49.5 Å². The van der Waals surface area contributed by atoms with Crippen LogP contribution in [0.3, 0.4) is 0 Å². The van der Waals surface area contributed by atoms with Crippen LogP contribution < -0.4 is 4.90 Å². The summed E-state index contributed by atoms with van der Waals surface area (Å²) in [6, 6.07) is 3.49. The minimum Gasteiger partial charge on any atom is -0.306 e. The number of imide groups is 1. The van der Waals surface area contributed by atoms with Crippen molar-refractivity contribution in [2.75, 3.05) is 23.6 Å². The van der Waals surface area contributed by atoms with E-state index in [9.17, 15) is 18.0 Å². The molecule has 25 heavy (non-hydrogen) atoms. The first-order valence-electron chi connectivity index (χ1n) is 7.38. The Balaban J connectivity index is 2.43. The van der Waals surface area contributed by atoms with Gasteiger partial charge >= 0.3 is 6.03 Å². The van der Waals surface area contributed by atoms with E-state index in [1.165, 1.54) is 23.1 Å². The molecule has 0 saturated carbocycles. The van der Waals surface area contributed by atoms with Crippen LogP contribution in [0.25, 0.3) is 0 Å². The van der Waals surface area contributed by atoms with E-state index in [0.717, 1.165) is 11.2 Å². The molecule has 0 unspecified atom stereocenters. The highest BCUT2D eigenvalue weighted by Gasteiger charge is 2.51. The Morgan fingerprint density at radius 1 is 1.20 bits per heavy atom. The third-order valence-corrected chi connectivity index (χ3v) is 5.70. The Labute approximate surface area is 156 Å². The van der Waals surface area contributed by atoms with Crippen molar-refractivity contribution in [1.82, 2.24) is 4.90 Å². The Morgan fingerprint density at radius 2 is 1.84 bits per heavy atom. The number of anilines is 1. The zero-order chi connectivity index (χ0) is 19.0. The van der Waals surface area contributed by atoms with Gasteiger partial charge < -0.3 is 4.90 Å². The molecule has 136 valence electrons. The molecule has 0 aliphatic carbocycles. The van der Waals surface area contributed by atoms with Gasteiger partial charge in [-0.25, -0.2) is 18.1 Å². The van der Waals surface area contributed by atoms with Crippen molar-refractivity contribution >= 4 is 50.7 Å². The van der Waals surface area contributed by atoms with Crippen molar-refractivity contribution in [2.24, 2.45) is 0 Å². The van der Waals surface area contributed by atoms with Gasteiger partial charge in [0.1, 0.15) is 5.54 Å². The first-order chi connectivity index (χ1) is 11.5. The number of urea groups is 1. The zero-order valence-electron chi connectivity index (χ0n) is 14.0. The highest BCUT2D eigenvalue weighted by Crippen LogP contribution is 2.34. The lowest BCUT2D eigenvalue weighted by molar-refractivity contribution is -0.123. The second kappa shape index (κ2) is 6.97. The predicted octanol–water partition coefficient (Wildman–Crippen LogP) is 3.09. The topological polar surface area (TPSA) is 74.8 Å². The van der Waals surface area contributed by atoms with Crippen LogP contribution in [0.4, 0.5) is 10.5 Å². The smallest absolute Gasteiger partial charge is 0.306 e. The minimum absolute atomic E-state index is 0.0427. The van der Waals surface area contributed by atoms with Crippen molar-refractivity contribution in [3.05, 3.63) is 35.4 Å². The minimum atomic E-state index is -3.50. The van der Waals surface area contributed by atoms with Gasteiger partial charge in [-0.15, -0.1) is 11.6 Å². The Kier molecular flexibility index (Phi) is 5.51. The normalized spacial score (nSPS) is 17.8. The molecule has 1 heterocycles. The molecule has 1 fully saturated rings.